The highest BCUT2D eigenvalue weighted by Gasteiger charge is 2.09. The molecule has 0 radical (unpaired) electrons. The normalized spacial score (nSPS) is 11.2. The second kappa shape index (κ2) is 7.57. The molecule has 0 saturated carbocycles. The first-order valence-electron chi connectivity index (χ1n) is 8.24. The van der Waals surface area contributed by atoms with Crippen LogP contribution in [-0.2, 0) is 11.3 Å². The number of anilines is 1. The fraction of sp³-hybridized carbons (Fsp3) is 0.333. The van der Waals surface area contributed by atoms with E-state index in [0.717, 1.165) is 5.69 Å². The molecule has 7 heteroatoms. The van der Waals surface area contributed by atoms with Crippen LogP contribution in [0.3, 0.4) is 0 Å². The lowest BCUT2D eigenvalue weighted by Crippen LogP contribution is -2.21. The van der Waals surface area contributed by atoms with E-state index in [2.05, 4.69) is 29.1 Å². The van der Waals surface area contributed by atoms with E-state index in [9.17, 15) is 9.59 Å². The lowest BCUT2D eigenvalue weighted by atomic mass is 10.2. The number of fused-ring (bicyclic) bond motifs is 1. The van der Waals surface area contributed by atoms with Crippen molar-refractivity contribution in [1.29, 1.82) is 0 Å². The Hall–Kier alpha value is -2.54. The highest BCUT2D eigenvalue weighted by atomic mass is 32.1. The van der Waals surface area contributed by atoms with Crippen molar-refractivity contribution in [3.05, 3.63) is 52.0 Å². The van der Waals surface area contributed by atoms with Gasteiger partial charge in [0.15, 0.2) is 5.13 Å². The van der Waals surface area contributed by atoms with Crippen molar-refractivity contribution in [3.8, 4) is 0 Å². The van der Waals surface area contributed by atoms with Gasteiger partial charge in [-0.1, -0.05) is 26.0 Å². The molecule has 1 amide bonds. The summed E-state index contributed by atoms with van der Waals surface area (Å²) in [6.07, 6.45) is 2.43. The van der Waals surface area contributed by atoms with Gasteiger partial charge in [0.2, 0.25) is 5.91 Å². The molecule has 3 aromatic rings. The maximum Gasteiger partial charge on any atom is 0.261 e. The Kier molecular flexibility index (Phi) is 5.23. The molecule has 0 spiro atoms. The van der Waals surface area contributed by atoms with E-state index < -0.39 is 0 Å². The number of hydrogen-bond donors (Lipinski definition) is 1. The molecule has 2 aromatic heterocycles. The third-order valence-electron chi connectivity index (χ3n) is 3.89. The summed E-state index contributed by atoms with van der Waals surface area (Å²) in [5.41, 5.74) is 1.59. The van der Waals surface area contributed by atoms with E-state index in [0.29, 0.717) is 41.3 Å². The third kappa shape index (κ3) is 4.11. The smallest absolute Gasteiger partial charge is 0.261 e. The van der Waals surface area contributed by atoms with Crippen molar-refractivity contribution in [2.75, 3.05) is 5.32 Å². The summed E-state index contributed by atoms with van der Waals surface area (Å²) in [6, 6.07) is 7.26. The van der Waals surface area contributed by atoms with Gasteiger partial charge in [0.25, 0.3) is 5.56 Å². The van der Waals surface area contributed by atoms with Crippen LogP contribution in [0.15, 0.2) is 40.8 Å². The fourth-order valence-corrected chi connectivity index (χ4v) is 3.35. The second-order valence-electron chi connectivity index (χ2n) is 6.14. The minimum atomic E-state index is -0.0912. The van der Waals surface area contributed by atoms with Gasteiger partial charge in [-0.15, -0.1) is 11.3 Å². The molecule has 0 fully saturated rings. The van der Waals surface area contributed by atoms with E-state index in [-0.39, 0.29) is 11.5 Å². The summed E-state index contributed by atoms with van der Waals surface area (Å²) < 4.78 is 1.55. The van der Waals surface area contributed by atoms with Gasteiger partial charge in [-0.3, -0.25) is 14.2 Å². The van der Waals surface area contributed by atoms with Crippen LogP contribution in [0.1, 0.15) is 38.3 Å². The number of nitrogens with one attached hydrogen (secondary N) is 1. The van der Waals surface area contributed by atoms with Crippen LogP contribution in [0.4, 0.5) is 5.13 Å². The number of carbonyl (C=O) groups excluding carboxylic acids is 1. The Morgan fingerprint density at radius 2 is 2.12 bits per heavy atom. The molecular weight excluding hydrogens is 336 g/mol. The van der Waals surface area contributed by atoms with Crippen molar-refractivity contribution < 1.29 is 4.79 Å². The van der Waals surface area contributed by atoms with E-state index in [1.807, 2.05) is 23.6 Å². The molecule has 25 heavy (non-hydrogen) atoms. The Morgan fingerprint density at radius 1 is 1.32 bits per heavy atom. The predicted molar refractivity (Wildman–Crippen MR) is 100 cm³/mol. The fourth-order valence-electron chi connectivity index (χ4n) is 2.47. The molecule has 6 nitrogen and oxygen atoms in total. The van der Waals surface area contributed by atoms with Gasteiger partial charge in [-0.2, -0.15) is 0 Å². The molecule has 2 heterocycles. The number of aromatic nitrogens is 3. The summed E-state index contributed by atoms with van der Waals surface area (Å²) in [4.78, 5) is 33.1. The van der Waals surface area contributed by atoms with Crippen molar-refractivity contribution in [2.45, 2.75) is 39.2 Å². The largest absolute Gasteiger partial charge is 0.302 e. The number of para-hydroxylation sites is 1. The topological polar surface area (TPSA) is 76.9 Å². The van der Waals surface area contributed by atoms with E-state index in [1.54, 1.807) is 10.6 Å². The molecule has 1 aromatic carbocycles. The summed E-state index contributed by atoms with van der Waals surface area (Å²) in [5.74, 6) is 0.251. The van der Waals surface area contributed by atoms with E-state index in [1.165, 1.54) is 17.7 Å². The summed E-state index contributed by atoms with van der Waals surface area (Å²) in [6.45, 7) is 4.59. The molecular formula is C18H20N4O2S. The van der Waals surface area contributed by atoms with Gasteiger partial charge in [0.1, 0.15) is 0 Å². The van der Waals surface area contributed by atoms with Gasteiger partial charge in [0.05, 0.1) is 22.9 Å². The van der Waals surface area contributed by atoms with Crippen LogP contribution in [0.2, 0.25) is 0 Å². The standard InChI is InChI=1S/C18H20N4O2S/c1-12(2)15-10-25-18(20-15)21-16(23)8-5-9-22-11-19-14-7-4-3-6-13(14)17(22)24/h3-4,6-7,10-12H,5,8-9H2,1-2H3,(H,20,21,23). The SMILES string of the molecule is CC(C)c1csc(NC(=O)CCCn2cnc3ccccc3c2=O)n1. The van der Waals surface area contributed by atoms with Crippen LogP contribution < -0.4 is 10.9 Å². The second-order valence-corrected chi connectivity index (χ2v) is 7.00. The maximum atomic E-state index is 12.4. The average Bonchev–Trinajstić information content (AvgIpc) is 3.06. The lowest BCUT2D eigenvalue weighted by molar-refractivity contribution is -0.116. The van der Waals surface area contributed by atoms with Gasteiger partial charge in [0, 0.05) is 18.3 Å². The highest BCUT2D eigenvalue weighted by Crippen LogP contribution is 2.21. The maximum absolute atomic E-state index is 12.4. The quantitative estimate of drug-likeness (QED) is 0.734. The Balaban J connectivity index is 1.56. The van der Waals surface area contributed by atoms with E-state index in [4.69, 9.17) is 0 Å². The Morgan fingerprint density at radius 3 is 2.88 bits per heavy atom. The zero-order valence-electron chi connectivity index (χ0n) is 14.2. The summed E-state index contributed by atoms with van der Waals surface area (Å²) in [7, 11) is 0. The summed E-state index contributed by atoms with van der Waals surface area (Å²) in [5, 5.41) is 5.99. The first-order chi connectivity index (χ1) is 12.0. The molecule has 0 aliphatic carbocycles. The van der Waals surface area contributed by atoms with Crippen LogP contribution >= 0.6 is 11.3 Å². The molecule has 3 rings (SSSR count). The number of hydrogen-bond acceptors (Lipinski definition) is 5. The first kappa shape index (κ1) is 17.3. The molecule has 0 saturated heterocycles. The van der Waals surface area contributed by atoms with Gasteiger partial charge in [-0.05, 0) is 24.5 Å². The van der Waals surface area contributed by atoms with Crippen LogP contribution in [0.25, 0.3) is 10.9 Å². The van der Waals surface area contributed by atoms with Crippen LogP contribution in [0.5, 0.6) is 0 Å². The van der Waals surface area contributed by atoms with Gasteiger partial charge in [-0.25, -0.2) is 9.97 Å². The molecule has 0 aliphatic heterocycles. The van der Waals surface area contributed by atoms with Crippen LogP contribution in [-0.4, -0.2) is 20.4 Å². The average molecular weight is 356 g/mol. The molecule has 0 atom stereocenters. The number of amides is 1. The van der Waals surface area contributed by atoms with Crippen LogP contribution in [0, 0.1) is 0 Å². The number of thiazole rings is 1. The number of nitrogens with zero attached hydrogens (tertiary/aromatic N) is 3. The zero-order chi connectivity index (χ0) is 17.8. The number of aryl methyl sites for hydroxylation is 1. The summed E-state index contributed by atoms with van der Waals surface area (Å²) >= 11 is 1.43. The zero-order valence-corrected chi connectivity index (χ0v) is 15.0. The minimum absolute atomic E-state index is 0.0764. The van der Waals surface area contributed by atoms with Crippen molar-refractivity contribution in [3.63, 3.8) is 0 Å². The van der Waals surface area contributed by atoms with Crippen molar-refractivity contribution in [1.82, 2.24) is 14.5 Å². The lowest BCUT2D eigenvalue weighted by Gasteiger charge is -2.06. The molecule has 0 aliphatic rings. The Bertz CT molecular complexity index is 945. The van der Waals surface area contributed by atoms with Gasteiger partial charge < -0.3 is 5.32 Å². The third-order valence-corrected chi connectivity index (χ3v) is 4.67. The molecule has 1 N–H and O–H groups in total. The first-order valence-corrected chi connectivity index (χ1v) is 9.12. The molecule has 0 unspecified atom stereocenters. The molecule has 0 bridgehead atoms. The van der Waals surface area contributed by atoms with E-state index >= 15 is 0 Å². The Labute approximate surface area is 149 Å². The predicted octanol–water partition coefficient (Wildman–Crippen LogP) is 3.40. The van der Waals surface area contributed by atoms with Crippen molar-refractivity contribution >= 4 is 33.3 Å². The van der Waals surface area contributed by atoms with Crippen molar-refractivity contribution in [2.24, 2.45) is 0 Å². The number of rotatable bonds is 6. The van der Waals surface area contributed by atoms with Gasteiger partial charge >= 0.3 is 0 Å². The monoisotopic (exact) mass is 356 g/mol. The number of carbonyl (C=O) groups is 1. The number of benzene rings is 1. The molecule has 130 valence electrons. The minimum Gasteiger partial charge on any atom is -0.302 e. The highest BCUT2D eigenvalue weighted by molar-refractivity contribution is 7.13.